The number of carbonyl (C=O) groups is 1. The lowest BCUT2D eigenvalue weighted by Gasteiger charge is -2.32. The molecule has 0 saturated carbocycles. The zero-order chi connectivity index (χ0) is 15.4. The van der Waals surface area contributed by atoms with Crippen LogP contribution in [-0.4, -0.2) is 59.5 Å². The summed E-state index contributed by atoms with van der Waals surface area (Å²) in [5.74, 6) is 0.734. The SMILES string of the molecule is Cn1nccc1C1CCN(C(=O)CNC[C@@H]2CCCO2)CC1. The number of ether oxygens (including phenoxy) is 1. The van der Waals surface area contributed by atoms with Gasteiger partial charge < -0.3 is 15.0 Å². The van der Waals surface area contributed by atoms with Crippen LogP contribution in [0, 0.1) is 0 Å². The smallest absolute Gasteiger partial charge is 0.236 e. The zero-order valence-electron chi connectivity index (χ0n) is 13.3. The second-order valence-corrected chi connectivity index (χ2v) is 6.30. The standard InChI is InChI=1S/C16H26N4O2/c1-19-15(4-7-18-19)13-5-8-20(9-6-13)16(21)12-17-11-14-3-2-10-22-14/h4,7,13-14,17H,2-3,5-6,8-12H2,1H3/t14-/m0/s1. The Kier molecular flexibility index (Phi) is 5.10. The molecule has 0 aliphatic carbocycles. The van der Waals surface area contributed by atoms with Crippen LogP contribution in [0.4, 0.5) is 0 Å². The van der Waals surface area contributed by atoms with Crippen molar-refractivity contribution in [3.05, 3.63) is 18.0 Å². The maximum Gasteiger partial charge on any atom is 0.236 e. The van der Waals surface area contributed by atoms with Gasteiger partial charge in [0.2, 0.25) is 5.91 Å². The van der Waals surface area contributed by atoms with E-state index in [9.17, 15) is 4.79 Å². The summed E-state index contributed by atoms with van der Waals surface area (Å²) in [6, 6.07) is 2.09. The highest BCUT2D eigenvalue weighted by Crippen LogP contribution is 2.27. The number of nitrogens with zero attached hydrogens (tertiary/aromatic N) is 3. The van der Waals surface area contributed by atoms with E-state index in [0.717, 1.165) is 51.9 Å². The normalized spacial score (nSPS) is 23.1. The monoisotopic (exact) mass is 306 g/mol. The molecule has 22 heavy (non-hydrogen) atoms. The van der Waals surface area contributed by atoms with Crippen molar-refractivity contribution in [1.82, 2.24) is 20.0 Å². The Hall–Kier alpha value is -1.40. The van der Waals surface area contributed by atoms with Gasteiger partial charge in [0.05, 0.1) is 12.6 Å². The molecule has 0 unspecified atom stereocenters. The van der Waals surface area contributed by atoms with Gasteiger partial charge in [-0.05, 0) is 31.7 Å². The largest absolute Gasteiger partial charge is 0.377 e. The second kappa shape index (κ2) is 7.24. The second-order valence-electron chi connectivity index (χ2n) is 6.30. The third-order valence-corrected chi connectivity index (χ3v) is 4.80. The lowest BCUT2D eigenvalue weighted by atomic mass is 9.93. The summed E-state index contributed by atoms with van der Waals surface area (Å²) in [6.07, 6.45) is 6.44. The molecule has 3 heterocycles. The molecule has 122 valence electrons. The van der Waals surface area contributed by atoms with Crippen molar-refractivity contribution in [3.8, 4) is 0 Å². The summed E-state index contributed by atoms with van der Waals surface area (Å²) >= 11 is 0. The third kappa shape index (κ3) is 3.67. The summed E-state index contributed by atoms with van der Waals surface area (Å²) in [6.45, 7) is 3.77. The highest BCUT2D eigenvalue weighted by atomic mass is 16.5. The number of carbonyl (C=O) groups excluding carboxylic acids is 1. The molecule has 1 aromatic heterocycles. The Balaban J connectivity index is 1.39. The van der Waals surface area contributed by atoms with Crippen LogP contribution in [0.3, 0.4) is 0 Å². The molecule has 1 N–H and O–H groups in total. The highest BCUT2D eigenvalue weighted by molar-refractivity contribution is 5.78. The van der Waals surface area contributed by atoms with Crippen LogP contribution >= 0.6 is 0 Å². The zero-order valence-corrected chi connectivity index (χ0v) is 13.3. The molecule has 1 aromatic rings. The van der Waals surface area contributed by atoms with Crippen molar-refractivity contribution >= 4 is 5.91 Å². The number of aryl methyl sites for hydroxylation is 1. The van der Waals surface area contributed by atoms with E-state index in [0.29, 0.717) is 18.6 Å². The maximum absolute atomic E-state index is 12.2. The molecule has 0 aromatic carbocycles. The van der Waals surface area contributed by atoms with Crippen LogP contribution < -0.4 is 5.32 Å². The minimum absolute atomic E-state index is 0.210. The molecule has 2 aliphatic heterocycles. The van der Waals surface area contributed by atoms with E-state index in [1.807, 2.05) is 22.8 Å². The van der Waals surface area contributed by atoms with Crippen molar-refractivity contribution in [1.29, 1.82) is 0 Å². The number of nitrogens with one attached hydrogen (secondary N) is 1. The topological polar surface area (TPSA) is 59.4 Å². The lowest BCUT2D eigenvalue weighted by molar-refractivity contribution is -0.131. The first-order chi connectivity index (χ1) is 10.7. The summed E-state index contributed by atoms with van der Waals surface area (Å²) in [5.41, 5.74) is 1.28. The van der Waals surface area contributed by atoms with Crippen molar-refractivity contribution in [2.24, 2.45) is 7.05 Å². The Bertz CT molecular complexity index is 488. The van der Waals surface area contributed by atoms with E-state index in [4.69, 9.17) is 4.74 Å². The Morgan fingerprint density at radius 2 is 2.23 bits per heavy atom. The van der Waals surface area contributed by atoms with Crippen LogP contribution in [0.2, 0.25) is 0 Å². The van der Waals surface area contributed by atoms with Crippen molar-refractivity contribution in [2.75, 3.05) is 32.8 Å². The van der Waals surface area contributed by atoms with E-state index in [2.05, 4.69) is 16.5 Å². The molecule has 2 aliphatic rings. The number of likely N-dealkylation sites (tertiary alicyclic amines) is 1. The van der Waals surface area contributed by atoms with Gasteiger partial charge in [-0.2, -0.15) is 5.10 Å². The Morgan fingerprint density at radius 1 is 1.41 bits per heavy atom. The summed E-state index contributed by atoms with van der Waals surface area (Å²) in [4.78, 5) is 14.2. The Labute approximate surface area is 131 Å². The van der Waals surface area contributed by atoms with Gasteiger partial charge in [-0.15, -0.1) is 0 Å². The van der Waals surface area contributed by atoms with Crippen LogP contribution in [0.15, 0.2) is 12.3 Å². The van der Waals surface area contributed by atoms with E-state index in [1.165, 1.54) is 5.69 Å². The number of hydrogen-bond acceptors (Lipinski definition) is 4. The molecule has 6 nitrogen and oxygen atoms in total. The van der Waals surface area contributed by atoms with Gasteiger partial charge in [0.15, 0.2) is 0 Å². The average molecular weight is 306 g/mol. The van der Waals surface area contributed by atoms with E-state index >= 15 is 0 Å². The molecule has 0 radical (unpaired) electrons. The number of hydrogen-bond donors (Lipinski definition) is 1. The Morgan fingerprint density at radius 3 is 2.86 bits per heavy atom. The van der Waals surface area contributed by atoms with Gasteiger partial charge in [0.1, 0.15) is 0 Å². The molecule has 0 bridgehead atoms. The third-order valence-electron chi connectivity index (χ3n) is 4.80. The number of amides is 1. The van der Waals surface area contributed by atoms with Crippen molar-refractivity contribution < 1.29 is 9.53 Å². The molecule has 1 atom stereocenters. The van der Waals surface area contributed by atoms with Crippen LogP contribution in [0.1, 0.15) is 37.3 Å². The van der Waals surface area contributed by atoms with Gasteiger partial charge in [-0.3, -0.25) is 9.48 Å². The number of piperidine rings is 1. The fourth-order valence-corrected chi connectivity index (χ4v) is 3.47. The van der Waals surface area contributed by atoms with E-state index in [-0.39, 0.29) is 5.91 Å². The first-order valence-corrected chi connectivity index (χ1v) is 8.32. The molecule has 3 rings (SSSR count). The van der Waals surface area contributed by atoms with Gasteiger partial charge in [0.25, 0.3) is 0 Å². The summed E-state index contributed by atoms with van der Waals surface area (Å²) in [5, 5.41) is 7.48. The minimum atomic E-state index is 0.210. The van der Waals surface area contributed by atoms with E-state index < -0.39 is 0 Å². The van der Waals surface area contributed by atoms with Gasteiger partial charge in [0, 0.05) is 51.1 Å². The van der Waals surface area contributed by atoms with Gasteiger partial charge in [-0.1, -0.05) is 0 Å². The molecule has 2 fully saturated rings. The van der Waals surface area contributed by atoms with Crippen molar-refractivity contribution in [2.45, 2.75) is 37.7 Å². The molecule has 2 saturated heterocycles. The predicted octanol–water partition coefficient (Wildman–Crippen LogP) is 0.895. The van der Waals surface area contributed by atoms with Crippen molar-refractivity contribution in [3.63, 3.8) is 0 Å². The summed E-state index contributed by atoms with van der Waals surface area (Å²) < 4.78 is 7.50. The van der Waals surface area contributed by atoms with Gasteiger partial charge in [-0.25, -0.2) is 0 Å². The van der Waals surface area contributed by atoms with Crippen LogP contribution in [0.25, 0.3) is 0 Å². The average Bonchev–Trinajstić information content (AvgIpc) is 3.19. The first-order valence-electron chi connectivity index (χ1n) is 8.32. The highest BCUT2D eigenvalue weighted by Gasteiger charge is 2.25. The molecule has 0 spiro atoms. The quantitative estimate of drug-likeness (QED) is 0.878. The fourth-order valence-electron chi connectivity index (χ4n) is 3.47. The van der Waals surface area contributed by atoms with Crippen LogP contribution in [0.5, 0.6) is 0 Å². The number of rotatable bonds is 5. The molecule has 1 amide bonds. The van der Waals surface area contributed by atoms with Gasteiger partial charge >= 0.3 is 0 Å². The maximum atomic E-state index is 12.2. The summed E-state index contributed by atoms with van der Waals surface area (Å²) in [7, 11) is 1.99. The minimum Gasteiger partial charge on any atom is -0.377 e. The molecule has 6 heteroatoms. The van der Waals surface area contributed by atoms with Crippen LogP contribution in [-0.2, 0) is 16.6 Å². The molecular weight excluding hydrogens is 280 g/mol. The lowest BCUT2D eigenvalue weighted by Crippen LogP contribution is -2.43. The molecular formula is C16H26N4O2. The number of aromatic nitrogens is 2. The van der Waals surface area contributed by atoms with E-state index in [1.54, 1.807) is 0 Å². The fraction of sp³-hybridized carbons (Fsp3) is 0.750. The first kappa shape index (κ1) is 15.5. The predicted molar refractivity (Wildman–Crippen MR) is 83.6 cm³/mol.